The fourth-order valence-corrected chi connectivity index (χ4v) is 6.18. The van der Waals surface area contributed by atoms with Gasteiger partial charge in [-0.05, 0) is 56.7 Å². The number of methoxy groups -OCH3 is 1. The predicted molar refractivity (Wildman–Crippen MR) is 125 cm³/mol. The molecule has 6 nitrogen and oxygen atoms in total. The van der Waals surface area contributed by atoms with Crippen LogP contribution in [0.15, 0.2) is 42.5 Å². The van der Waals surface area contributed by atoms with Gasteiger partial charge in [-0.1, -0.05) is 30.3 Å². The first-order valence-electron chi connectivity index (χ1n) is 11.8. The lowest BCUT2D eigenvalue weighted by Crippen LogP contribution is -2.42. The average Bonchev–Trinajstić information content (AvgIpc) is 3.53. The van der Waals surface area contributed by atoms with Gasteiger partial charge in [0.05, 0.1) is 29.9 Å². The van der Waals surface area contributed by atoms with Crippen molar-refractivity contribution in [1.82, 2.24) is 14.9 Å². The molecule has 32 heavy (non-hydrogen) atoms. The number of nitrogens with one attached hydrogen (secondary N) is 1. The van der Waals surface area contributed by atoms with Gasteiger partial charge in [-0.25, -0.2) is 9.78 Å². The van der Waals surface area contributed by atoms with Gasteiger partial charge in [0, 0.05) is 30.1 Å². The standard InChI is InChI=1S/C26H30N4O2/c1-16-8-10-19-21(29(16)26(31)32-2)12-13-22-25(19)28-24(14-17-6-4-3-5-7-17)30(22)23-15-18-9-11-20(23)27-18/h3-7,12-13,16,18,20,23,27H,8-11,14-15H2,1-2H3/t16-,18-,20+,23-/m0/s1. The van der Waals surface area contributed by atoms with Crippen LogP contribution in [0.25, 0.3) is 11.0 Å². The van der Waals surface area contributed by atoms with Crippen LogP contribution in [0.5, 0.6) is 0 Å². The Morgan fingerprint density at radius 3 is 2.72 bits per heavy atom. The zero-order valence-corrected chi connectivity index (χ0v) is 18.8. The summed E-state index contributed by atoms with van der Waals surface area (Å²) in [6.45, 7) is 2.09. The normalized spacial score (nSPS) is 26.5. The molecular weight excluding hydrogens is 400 g/mol. The number of fused-ring (bicyclic) bond motifs is 5. The Bertz CT molecular complexity index is 1170. The molecule has 0 saturated carbocycles. The van der Waals surface area contributed by atoms with Gasteiger partial charge in [0.15, 0.2) is 0 Å². The zero-order chi connectivity index (χ0) is 21.8. The minimum atomic E-state index is -0.293. The lowest BCUT2D eigenvalue weighted by Gasteiger charge is -2.34. The number of amides is 1. The van der Waals surface area contributed by atoms with Crippen LogP contribution in [0.2, 0.25) is 0 Å². The summed E-state index contributed by atoms with van der Waals surface area (Å²) in [4.78, 5) is 19.6. The van der Waals surface area contributed by atoms with Crippen LogP contribution in [0.3, 0.4) is 0 Å². The monoisotopic (exact) mass is 430 g/mol. The van der Waals surface area contributed by atoms with Gasteiger partial charge in [0.1, 0.15) is 5.82 Å². The van der Waals surface area contributed by atoms with E-state index in [1.165, 1.54) is 43.0 Å². The SMILES string of the molecule is COC(=O)N1c2ccc3c(nc(Cc4ccccc4)n3[C@H]3C[C@@H]4CC[C@H]3N4)c2CC[C@@H]1C. The Kier molecular flexibility index (Phi) is 4.72. The summed E-state index contributed by atoms with van der Waals surface area (Å²) in [6.07, 6.45) is 6.05. The Balaban J connectivity index is 1.51. The number of hydrogen-bond acceptors (Lipinski definition) is 4. The number of carbonyl (C=O) groups excluding carboxylic acids is 1. The molecule has 0 aliphatic carbocycles. The van der Waals surface area contributed by atoms with Crippen molar-refractivity contribution in [3.05, 3.63) is 59.4 Å². The smallest absolute Gasteiger partial charge is 0.414 e. The van der Waals surface area contributed by atoms with Crippen LogP contribution in [0.1, 0.15) is 55.6 Å². The highest BCUT2D eigenvalue weighted by molar-refractivity contribution is 5.95. The fraction of sp³-hybridized carbons (Fsp3) is 0.462. The van der Waals surface area contributed by atoms with Crippen LogP contribution in [0.4, 0.5) is 10.5 Å². The minimum absolute atomic E-state index is 0.119. The molecule has 3 aliphatic heterocycles. The number of aromatic nitrogens is 2. The minimum Gasteiger partial charge on any atom is -0.452 e. The molecule has 3 aliphatic rings. The van der Waals surface area contributed by atoms with Crippen molar-refractivity contribution < 1.29 is 9.53 Å². The van der Waals surface area contributed by atoms with E-state index in [4.69, 9.17) is 9.72 Å². The highest BCUT2D eigenvalue weighted by Crippen LogP contribution is 2.42. The second kappa shape index (κ2) is 7.62. The molecule has 0 radical (unpaired) electrons. The Morgan fingerprint density at radius 1 is 1.16 bits per heavy atom. The second-order valence-corrected chi connectivity index (χ2v) is 9.57. The summed E-state index contributed by atoms with van der Waals surface area (Å²) in [6, 6.07) is 16.6. The molecule has 4 heterocycles. The summed E-state index contributed by atoms with van der Waals surface area (Å²) in [7, 11) is 1.46. The largest absolute Gasteiger partial charge is 0.452 e. The highest BCUT2D eigenvalue weighted by atomic mass is 16.5. The van der Waals surface area contributed by atoms with E-state index in [2.05, 4.69) is 59.3 Å². The molecule has 4 atom stereocenters. The molecule has 166 valence electrons. The topological polar surface area (TPSA) is 59.4 Å². The maximum atomic E-state index is 12.6. The summed E-state index contributed by atoms with van der Waals surface area (Å²) in [5.41, 5.74) is 5.66. The molecular formula is C26H30N4O2. The molecule has 0 spiro atoms. The first-order valence-corrected chi connectivity index (χ1v) is 11.8. The second-order valence-electron chi connectivity index (χ2n) is 9.57. The van der Waals surface area contributed by atoms with Crippen LogP contribution >= 0.6 is 0 Å². The molecule has 2 fully saturated rings. The molecule has 6 heteroatoms. The zero-order valence-electron chi connectivity index (χ0n) is 18.8. The van der Waals surface area contributed by atoms with Gasteiger partial charge < -0.3 is 14.6 Å². The molecule has 1 N–H and O–H groups in total. The van der Waals surface area contributed by atoms with Gasteiger partial charge in [-0.2, -0.15) is 0 Å². The van der Waals surface area contributed by atoms with E-state index in [0.717, 1.165) is 36.3 Å². The third kappa shape index (κ3) is 3.04. The van der Waals surface area contributed by atoms with Crippen molar-refractivity contribution in [3.63, 3.8) is 0 Å². The highest BCUT2D eigenvalue weighted by Gasteiger charge is 2.42. The summed E-state index contributed by atoms with van der Waals surface area (Å²) in [5.74, 6) is 1.13. The number of benzene rings is 2. The summed E-state index contributed by atoms with van der Waals surface area (Å²) in [5, 5.41) is 3.80. The van der Waals surface area contributed by atoms with Crippen molar-refractivity contribution >= 4 is 22.8 Å². The van der Waals surface area contributed by atoms with Gasteiger partial charge >= 0.3 is 6.09 Å². The van der Waals surface area contributed by atoms with Gasteiger partial charge in [-0.15, -0.1) is 0 Å². The van der Waals surface area contributed by atoms with Crippen molar-refractivity contribution in [1.29, 1.82) is 0 Å². The number of anilines is 1. The van der Waals surface area contributed by atoms with E-state index < -0.39 is 0 Å². The Hall–Kier alpha value is -2.86. The molecule has 2 aromatic carbocycles. The van der Waals surface area contributed by atoms with E-state index in [9.17, 15) is 4.79 Å². The predicted octanol–water partition coefficient (Wildman–Crippen LogP) is 4.60. The lowest BCUT2D eigenvalue weighted by molar-refractivity contribution is 0.175. The van der Waals surface area contributed by atoms with Crippen LogP contribution < -0.4 is 10.2 Å². The van der Waals surface area contributed by atoms with E-state index in [1.54, 1.807) is 4.90 Å². The van der Waals surface area contributed by atoms with E-state index in [1.807, 2.05) is 0 Å². The Morgan fingerprint density at radius 2 is 2.00 bits per heavy atom. The quantitative estimate of drug-likeness (QED) is 0.660. The van der Waals surface area contributed by atoms with E-state index in [-0.39, 0.29) is 12.1 Å². The first kappa shape index (κ1) is 19.8. The first-order chi connectivity index (χ1) is 15.6. The summed E-state index contributed by atoms with van der Waals surface area (Å²) >= 11 is 0. The molecule has 1 amide bonds. The van der Waals surface area contributed by atoms with E-state index in [0.29, 0.717) is 18.1 Å². The number of hydrogen-bond donors (Lipinski definition) is 1. The lowest BCUT2D eigenvalue weighted by atomic mass is 9.94. The Labute approximate surface area is 188 Å². The number of nitrogens with zero attached hydrogens (tertiary/aromatic N) is 3. The molecule has 6 rings (SSSR count). The van der Waals surface area contributed by atoms with Crippen molar-refractivity contribution in [2.24, 2.45) is 0 Å². The average molecular weight is 431 g/mol. The number of carbonyl (C=O) groups is 1. The molecule has 2 saturated heterocycles. The van der Waals surface area contributed by atoms with Crippen LogP contribution in [-0.4, -0.2) is 40.9 Å². The number of imidazole rings is 1. The maximum absolute atomic E-state index is 12.6. The van der Waals surface area contributed by atoms with Gasteiger partial charge in [-0.3, -0.25) is 4.90 Å². The number of ether oxygens (including phenoxy) is 1. The third-order valence-corrected chi connectivity index (χ3v) is 7.70. The maximum Gasteiger partial charge on any atom is 0.414 e. The van der Waals surface area contributed by atoms with Crippen molar-refractivity contribution in [2.75, 3.05) is 12.0 Å². The molecule has 2 bridgehead atoms. The van der Waals surface area contributed by atoms with Crippen molar-refractivity contribution in [3.8, 4) is 0 Å². The number of aryl methyl sites for hydroxylation is 1. The summed E-state index contributed by atoms with van der Waals surface area (Å²) < 4.78 is 7.62. The van der Waals surface area contributed by atoms with Crippen LogP contribution in [0, 0.1) is 0 Å². The van der Waals surface area contributed by atoms with Crippen molar-refractivity contribution in [2.45, 2.75) is 69.6 Å². The van der Waals surface area contributed by atoms with Gasteiger partial charge in [0.25, 0.3) is 0 Å². The molecule has 3 aromatic rings. The fourth-order valence-electron chi connectivity index (χ4n) is 6.18. The van der Waals surface area contributed by atoms with E-state index >= 15 is 0 Å². The molecule has 1 aromatic heterocycles. The third-order valence-electron chi connectivity index (χ3n) is 7.70. The van der Waals surface area contributed by atoms with Gasteiger partial charge in [0.2, 0.25) is 0 Å². The molecule has 0 unspecified atom stereocenters. The number of rotatable bonds is 3. The van der Waals surface area contributed by atoms with Crippen LogP contribution in [-0.2, 0) is 17.6 Å².